The molecule has 2 nitrogen and oxygen atoms in total. The van der Waals surface area contributed by atoms with Crippen molar-refractivity contribution < 1.29 is 4.42 Å². The summed E-state index contributed by atoms with van der Waals surface area (Å²) >= 11 is 1.85. The van der Waals surface area contributed by atoms with Crippen LogP contribution in [0.2, 0.25) is 0 Å². The van der Waals surface area contributed by atoms with Gasteiger partial charge in [0.25, 0.3) is 0 Å². The van der Waals surface area contributed by atoms with E-state index in [1.165, 1.54) is 47.6 Å². The number of thiophene rings is 1. The van der Waals surface area contributed by atoms with Crippen molar-refractivity contribution in [1.29, 1.82) is 0 Å². The first-order valence-corrected chi connectivity index (χ1v) is 17.4. The van der Waals surface area contributed by atoms with E-state index >= 15 is 0 Å². The number of anilines is 3. The van der Waals surface area contributed by atoms with Crippen molar-refractivity contribution in [2.75, 3.05) is 4.90 Å². The molecule has 8 aromatic carbocycles. The van der Waals surface area contributed by atoms with Gasteiger partial charge >= 0.3 is 0 Å². The second kappa shape index (κ2) is 11.2. The molecule has 10 aromatic rings. The van der Waals surface area contributed by atoms with Crippen molar-refractivity contribution in [2.45, 2.75) is 0 Å². The Balaban J connectivity index is 1.18. The molecule has 0 unspecified atom stereocenters. The Morgan fingerprint density at radius 3 is 2.00 bits per heavy atom. The molecular formula is C46H29NOS. The normalized spacial score (nSPS) is 11.7. The minimum atomic E-state index is 0.879. The van der Waals surface area contributed by atoms with E-state index in [0.29, 0.717) is 0 Å². The molecule has 10 rings (SSSR count). The summed E-state index contributed by atoms with van der Waals surface area (Å²) in [6.45, 7) is 0. The third-order valence-corrected chi connectivity index (χ3v) is 10.8. The highest BCUT2D eigenvalue weighted by Crippen LogP contribution is 2.45. The summed E-state index contributed by atoms with van der Waals surface area (Å²) in [5.74, 6) is 0. The molecule has 0 atom stereocenters. The summed E-state index contributed by atoms with van der Waals surface area (Å²) in [5, 5.41) is 7.29. The molecule has 0 bridgehead atoms. The number of para-hydroxylation sites is 1. The van der Waals surface area contributed by atoms with E-state index < -0.39 is 0 Å². The first kappa shape index (κ1) is 27.9. The standard InChI is InChI=1S/C46H29NOS/c1-2-17-36-30(11-1)12-9-20-37(36)33-15-7-13-31(27-33)32-14-8-16-34(28-32)47(35-25-26-45-40(29-35)38-18-4-6-24-44(38)49-45)41-21-10-23-43-46(41)39-19-3-5-22-42(39)48-43/h1-29H. The van der Waals surface area contributed by atoms with E-state index in [2.05, 4.69) is 175 Å². The average Bonchev–Trinajstić information content (AvgIpc) is 3.74. The highest BCUT2D eigenvalue weighted by Gasteiger charge is 2.21. The molecule has 0 aliphatic heterocycles. The Bertz CT molecular complexity index is 2850. The monoisotopic (exact) mass is 643 g/mol. The van der Waals surface area contributed by atoms with Crippen LogP contribution in [0.3, 0.4) is 0 Å². The third-order valence-electron chi connectivity index (χ3n) is 9.64. The molecule has 0 spiro atoms. The smallest absolute Gasteiger partial charge is 0.137 e. The largest absolute Gasteiger partial charge is 0.456 e. The fourth-order valence-electron chi connectivity index (χ4n) is 7.39. The molecule has 0 aliphatic rings. The quantitative estimate of drug-likeness (QED) is 0.186. The summed E-state index contributed by atoms with van der Waals surface area (Å²) in [5.41, 5.74) is 9.85. The van der Waals surface area contributed by atoms with Crippen LogP contribution < -0.4 is 4.90 Å². The van der Waals surface area contributed by atoms with E-state index in [1.54, 1.807) is 0 Å². The summed E-state index contributed by atoms with van der Waals surface area (Å²) in [7, 11) is 0. The van der Waals surface area contributed by atoms with Crippen molar-refractivity contribution in [3.63, 3.8) is 0 Å². The zero-order chi connectivity index (χ0) is 32.3. The zero-order valence-electron chi connectivity index (χ0n) is 26.5. The van der Waals surface area contributed by atoms with E-state index in [9.17, 15) is 0 Å². The lowest BCUT2D eigenvalue weighted by Gasteiger charge is -2.27. The number of furan rings is 1. The van der Waals surface area contributed by atoms with Crippen molar-refractivity contribution in [3.05, 3.63) is 176 Å². The van der Waals surface area contributed by atoms with Gasteiger partial charge in [0.1, 0.15) is 11.2 Å². The fourth-order valence-corrected chi connectivity index (χ4v) is 8.48. The maximum Gasteiger partial charge on any atom is 0.137 e. The van der Waals surface area contributed by atoms with Crippen molar-refractivity contribution in [3.8, 4) is 22.3 Å². The average molecular weight is 644 g/mol. The fraction of sp³-hybridized carbons (Fsp3) is 0. The Morgan fingerprint density at radius 2 is 1.06 bits per heavy atom. The summed E-state index contributed by atoms with van der Waals surface area (Å²) in [4.78, 5) is 2.40. The highest BCUT2D eigenvalue weighted by atomic mass is 32.1. The molecule has 0 saturated heterocycles. The van der Waals surface area contributed by atoms with Gasteiger partial charge in [0.2, 0.25) is 0 Å². The molecule has 0 radical (unpaired) electrons. The number of hydrogen-bond donors (Lipinski definition) is 0. The molecule has 0 fully saturated rings. The molecule has 230 valence electrons. The van der Waals surface area contributed by atoms with Gasteiger partial charge in [-0.2, -0.15) is 0 Å². The minimum absolute atomic E-state index is 0.879. The zero-order valence-corrected chi connectivity index (χ0v) is 27.3. The van der Waals surface area contributed by atoms with Gasteiger partial charge in [-0.1, -0.05) is 115 Å². The number of nitrogens with zero attached hydrogens (tertiary/aromatic N) is 1. The van der Waals surface area contributed by atoms with Gasteiger partial charge in [0, 0.05) is 36.9 Å². The first-order valence-electron chi connectivity index (χ1n) is 16.6. The Hall–Kier alpha value is -6.16. The van der Waals surface area contributed by atoms with Gasteiger partial charge in [-0.15, -0.1) is 11.3 Å². The number of hydrogen-bond acceptors (Lipinski definition) is 3. The Labute approximate surface area is 287 Å². The molecule has 49 heavy (non-hydrogen) atoms. The van der Waals surface area contributed by atoms with Gasteiger partial charge in [-0.3, -0.25) is 0 Å². The van der Waals surface area contributed by atoms with Crippen molar-refractivity contribution in [1.82, 2.24) is 0 Å². The summed E-state index contributed by atoms with van der Waals surface area (Å²) in [6.07, 6.45) is 0. The van der Waals surface area contributed by atoms with Crippen LogP contribution in [0.1, 0.15) is 0 Å². The Kier molecular flexibility index (Phi) is 6.39. The van der Waals surface area contributed by atoms with Crippen LogP contribution in [0.4, 0.5) is 17.1 Å². The maximum atomic E-state index is 6.38. The van der Waals surface area contributed by atoms with Gasteiger partial charge in [0.15, 0.2) is 0 Å². The van der Waals surface area contributed by atoms with Crippen molar-refractivity contribution >= 4 is 81.3 Å². The number of fused-ring (bicyclic) bond motifs is 7. The Morgan fingerprint density at radius 1 is 0.408 bits per heavy atom. The first-order chi connectivity index (χ1) is 24.3. The van der Waals surface area contributed by atoms with E-state index in [1.807, 2.05) is 17.4 Å². The van der Waals surface area contributed by atoms with Crippen molar-refractivity contribution in [2.24, 2.45) is 0 Å². The number of benzene rings is 8. The molecule has 2 heterocycles. The van der Waals surface area contributed by atoms with Crippen LogP contribution >= 0.6 is 11.3 Å². The van der Waals surface area contributed by atoms with Gasteiger partial charge in [-0.25, -0.2) is 0 Å². The summed E-state index contributed by atoms with van der Waals surface area (Å²) in [6, 6.07) is 63.3. The number of rotatable bonds is 5. The van der Waals surface area contributed by atoms with Crippen LogP contribution in [-0.4, -0.2) is 0 Å². The lowest BCUT2D eigenvalue weighted by Crippen LogP contribution is -2.10. The van der Waals surface area contributed by atoms with Gasteiger partial charge in [-0.05, 0) is 93.7 Å². The maximum absolute atomic E-state index is 6.38. The lowest BCUT2D eigenvalue weighted by molar-refractivity contribution is 0.669. The van der Waals surface area contributed by atoms with Crippen LogP contribution in [0.5, 0.6) is 0 Å². The molecule has 3 heteroatoms. The topological polar surface area (TPSA) is 16.4 Å². The molecule has 0 aliphatic carbocycles. The molecule has 0 saturated carbocycles. The van der Waals surface area contributed by atoms with Crippen LogP contribution in [0.25, 0.3) is 75.1 Å². The molecular weight excluding hydrogens is 615 g/mol. The van der Waals surface area contributed by atoms with Crippen LogP contribution in [-0.2, 0) is 0 Å². The molecule has 0 amide bonds. The molecule has 0 N–H and O–H groups in total. The van der Waals surface area contributed by atoms with E-state index in [0.717, 1.165) is 44.6 Å². The van der Waals surface area contributed by atoms with Gasteiger partial charge < -0.3 is 9.32 Å². The van der Waals surface area contributed by atoms with Crippen LogP contribution in [0, 0.1) is 0 Å². The second-order valence-corrected chi connectivity index (χ2v) is 13.6. The minimum Gasteiger partial charge on any atom is -0.456 e. The summed E-state index contributed by atoms with van der Waals surface area (Å²) < 4.78 is 8.98. The van der Waals surface area contributed by atoms with Gasteiger partial charge in [0.05, 0.1) is 11.1 Å². The SMILES string of the molecule is c1cc(-c2cccc(N(c3ccc4sc5ccccc5c4c3)c3cccc4oc5ccccc5c34)c2)cc(-c2cccc3ccccc23)c1. The van der Waals surface area contributed by atoms with Crippen LogP contribution in [0.15, 0.2) is 180 Å². The van der Waals surface area contributed by atoms with E-state index in [4.69, 9.17) is 4.42 Å². The third kappa shape index (κ3) is 4.62. The molecule has 2 aromatic heterocycles. The highest BCUT2D eigenvalue weighted by molar-refractivity contribution is 7.25. The lowest BCUT2D eigenvalue weighted by atomic mass is 9.95. The predicted molar refractivity (Wildman–Crippen MR) is 210 cm³/mol. The predicted octanol–water partition coefficient (Wildman–Crippen LogP) is 13.9. The van der Waals surface area contributed by atoms with E-state index in [-0.39, 0.29) is 0 Å². The second-order valence-electron chi connectivity index (χ2n) is 12.5.